The summed E-state index contributed by atoms with van der Waals surface area (Å²) >= 11 is 0. The predicted octanol–water partition coefficient (Wildman–Crippen LogP) is 1.61. The number of carbonyl (C=O) groups excluding carboxylic acids is 1. The quantitative estimate of drug-likeness (QED) is 0.786. The number of carbonyl (C=O) groups is 1. The molecule has 7 heteroatoms. The predicted molar refractivity (Wildman–Crippen MR) is 96.3 cm³/mol. The maximum absolute atomic E-state index is 12.5. The minimum absolute atomic E-state index is 0.0928. The minimum Gasteiger partial charge on any atom is -0.383 e. The largest absolute Gasteiger partial charge is 0.383 e. The number of nitrogens with two attached hydrogens (primary N) is 1. The smallest absolute Gasteiger partial charge is 0.317 e. The van der Waals surface area contributed by atoms with Crippen LogP contribution >= 0.6 is 0 Å². The number of rotatable bonds is 4. The molecule has 25 heavy (non-hydrogen) atoms. The van der Waals surface area contributed by atoms with E-state index in [1.165, 1.54) is 17.2 Å². The second-order valence-electron chi connectivity index (χ2n) is 6.32. The highest BCUT2D eigenvalue weighted by Crippen LogP contribution is 2.33. The van der Waals surface area contributed by atoms with E-state index in [2.05, 4.69) is 27.4 Å². The SMILES string of the molecule is CN(C(=O)NCCc1nc(N)cc(=O)[nH]1)C1CCCc2ccccc21. The van der Waals surface area contributed by atoms with E-state index in [-0.39, 0.29) is 23.5 Å². The third-order valence-corrected chi connectivity index (χ3v) is 4.57. The van der Waals surface area contributed by atoms with E-state index in [1.54, 1.807) is 4.90 Å². The first-order valence-corrected chi connectivity index (χ1v) is 8.49. The molecule has 1 atom stereocenters. The fourth-order valence-electron chi connectivity index (χ4n) is 3.33. The Morgan fingerprint density at radius 1 is 1.44 bits per heavy atom. The van der Waals surface area contributed by atoms with Crippen LogP contribution < -0.4 is 16.6 Å². The number of fused-ring (bicyclic) bond motifs is 1. The second kappa shape index (κ2) is 7.38. The number of amides is 2. The molecule has 1 aromatic heterocycles. The molecule has 3 rings (SSSR count). The monoisotopic (exact) mass is 341 g/mol. The first-order valence-electron chi connectivity index (χ1n) is 8.49. The highest BCUT2D eigenvalue weighted by atomic mass is 16.2. The van der Waals surface area contributed by atoms with Gasteiger partial charge in [-0.05, 0) is 30.4 Å². The number of H-pyrrole nitrogens is 1. The molecule has 1 unspecified atom stereocenters. The van der Waals surface area contributed by atoms with Gasteiger partial charge in [-0.1, -0.05) is 24.3 Å². The number of anilines is 1. The van der Waals surface area contributed by atoms with Crippen molar-refractivity contribution in [2.24, 2.45) is 0 Å². The molecular formula is C18H23N5O2. The molecule has 132 valence electrons. The molecule has 1 heterocycles. The second-order valence-corrected chi connectivity index (χ2v) is 6.32. The number of aromatic amines is 1. The third-order valence-electron chi connectivity index (χ3n) is 4.57. The number of urea groups is 1. The van der Waals surface area contributed by atoms with E-state index in [0.717, 1.165) is 19.3 Å². The summed E-state index contributed by atoms with van der Waals surface area (Å²) < 4.78 is 0. The van der Waals surface area contributed by atoms with Crippen molar-refractivity contribution >= 4 is 11.8 Å². The first-order chi connectivity index (χ1) is 12.0. The van der Waals surface area contributed by atoms with E-state index in [1.807, 2.05) is 19.2 Å². The van der Waals surface area contributed by atoms with E-state index in [4.69, 9.17) is 5.73 Å². The Hall–Kier alpha value is -2.83. The molecule has 0 radical (unpaired) electrons. The van der Waals surface area contributed by atoms with Crippen LogP contribution in [-0.2, 0) is 12.8 Å². The van der Waals surface area contributed by atoms with Crippen LogP contribution in [0.25, 0.3) is 0 Å². The zero-order valence-corrected chi connectivity index (χ0v) is 14.3. The van der Waals surface area contributed by atoms with Crippen molar-refractivity contribution in [2.75, 3.05) is 19.3 Å². The molecule has 0 aliphatic heterocycles. The molecule has 0 fully saturated rings. The van der Waals surface area contributed by atoms with E-state index >= 15 is 0 Å². The van der Waals surface area contributed by atoms with Gasteiger partial charge in [0.05, 0.1) is 6.04 Å². The van der Waals surface area contributed by atoms with Gasteiger partial charge in [0.25, 0.3) is 5.56 Å². The molecule has 7 nitrogen and oxygen atoms in total. The number of hydrogen-bond acceptors (Lipinski definition) is 4. The molecule has 1 aromatic carbocycles. The van der Waals surface area contributed by atoms with Crippen LogP contribution in [0.3, 0.4) is 0 Å². The van der Waals surface area contributed by atoms with Crippen molar-refractivity contribution in [3.8, 4) is 0 Å². The summed E-state index contributed by atoms with van der Waals surface area (Å²) in [5.74, 6) is 0.650. The zero-order valence-electron chi connectivity index (χ0n) is 14.3. The van der Waals surface area contributed by atoms with Crippen LogP contribution in [0.4, 0.5) is 10.6 Å². The Balaban J connectivity index is 1.59. The summed E-state index contributed by atoms with van der Waals surface area (Å²) in [6.07, 6.45) is 3.52. The van der Waals surface area contributed by atoms with Crippen LogP contribution in [0.5, 0.6) is 0 Å². The molecular weight excluding hydrogens is 318 g/mol. The van der Waals surface area contributed by atoms with Crippen LogP contribution in [0, 0.1) is 0 Å². The molecule has 0 spiro atoms. The lowest BCUT2D eigenvalue weighted by Gasteiger charge is -2.33. The fraction of sp³-hybridized carbons (Fsp3) is 0.389. The first kappa shape index (κ1) is 17.0. The number of nitrogens with zero attached hydrogens (tertiary/aromatic N) is 2. The third kappa shape index (κ3) is 3.99. The van der Waals surface area contributed by atoms with E-state index in [9.17, 15) is 9.59 Å². The maximum atomic E-state index is 12.5. The van der Waals surface area contributed by atoms with Crippen LogP contribution in [0.15, 0.2) is 35.1 Å². The Bertz CT molecular complexity index is 817. The molecule has 1 aliphatic carbocycles. The molecule has 2 amide bonds. The van der Waals surface area contributed by atoms with Gasteiger partial charge in [-0.25, -0.2) is 9.78 Å². The average molecular weight is 341 g/mol. The molecule has 0 saturated heterocycles. The highest BCUT2D eigenvalue weighted by molar-refractivity contribution is 5.74. The van der Waals surface area contributed by atoms with Crippen molar-refractivity contribution in [2.45, 2.75) is 31.7 Å². The Morgan fingerprint density at radius 3 is 3.04 bits per heavy atom. The molecule has 1 aliphatic rings. The van der Waals surface area contributed by atoms with Crippen LogP contribution in [-0.4, -0.2) is 34.5 Å². The van der Waals surface area contributed by atoms with Crippen LogP contribution in [0.2, 0.25) is 0 Å². The number of nitrogens with one attached hydrogen (secondary N) is 2. The normalized spacial score (nSPS) is 16.1. The minimum atomic E-state index is -0.287. The van der Waals surface area contributed by atoms with Gasteiger partial charge in [-0.2, -0.15) is 0 Å². The van der Waals surface area contributed by atoms with Gasteiger partial charge < -0.3 is 20.9 Å². The van der Waals surface area contributed by atoms with Crippen molar-refractivity contribution in [1.29, 1.82) is 0 Å². The number of hydrogen-bond donors (Lipinski definition) is 3. The van der Waals surface area contributed by atoms with Gasteiger partial charge in [-0.15, -0.1) is 0 Å². The number of benzene rings is 1. The van der Waals surface area contributed by atoms with Crippen molar-refractivity contribution < 1.29 is 4.79 Å². The van der Waals surface area contributed by atoms with Gasteiger partial charge >= 0.3 is 6.03 Å². The van der Waals surface area contributed by atoms with Crippen molar-refractivity contribution in [1.82, 2.24) is 20.2 Å². The number of aromatic nitrogens is 2. The summed E-state index contributed by atoms with van der Waals surface area (Å²) in [5, 5.41) is 2.88. The number of aryl methyl sites for hydroxylation is 1. The summed E-state index contributed by atoms with van der Waals surface area (Å²) in [5.41, 5.74) is 7.82. The van der Waals surface area contributed by atoms with Crippen LogP contribution in [0.1, 0.15) is 35.8 Å². The molecule has 0 bridgehead atoms. The van der Waals surface area contributed by atoms with Gasteiger partial charge in [-0.3, -0.25) is 4.79 Å². The molecule has 4 N–H and O–H groups in total. The van der Waals surface area contributed by atoms with E-state index < -0.39 is 0 Å². The Morgan fingerprint density at radius 2 is 2.24 bits per heavy atom. The standard InChI is InChI=1S/C18H23N5O2/c1-23(14-8-4-6-12-5-2-3-7-13(12)14)18(25)20-10-9-16-21-15(19)11-17(24)22-16/h2-3,5,7,11,14H,4,6,8-10H2,1H3,(H,20,25)(H3,19,21,22,24). The van der Waals surface area contributed by atoms with Gasteiger partial charge in [0.1, 0.15) is 11.6 Å². The van der Waals surface area contributed by atoms with E-state index in [0.29, 0.717) is 18.8 Å². The Labute approximate surface area is 146 Å². The summed E-state index contributed by atoms with van der Waals surface area (Å²) in [7, 11) is 1.82. The lowest BCUT2D eigenvalue weighted by atomic mass is 9.87. The summed E-state index contributed by atoms with van der Waals surface area (Å²) in [6, 6.07) is 9.49. The molecule has 2 aromatic rings. The molecule has 0 saturated carbocycles. The van der Waals surface area contributed by atoms with Crippen molar-refractivity contribution in [3.63, 3.8) is 0 Å². The van der Waals surface area contributed by atoms with Gasteiger partial charge in [0, 0.05) is 26.1 Å². The topological polar surface area (TPSA) is 104 Å². The Kier molecular flexibility index (Phi) is 5.02. The number of nitrogen functional groups attached to an aromatic ring is 1. The van der Waals surface area contributed by atoms with Crippen molar-refractivity contribution in [3.05, 3.63) is 57.6 Å². The lowest BCUT2D eigenvalue weighted by Crippen LogP contribution is -2.41. The lowest BCUT2D eigenvalue weighted by molar-refractivity contribution is 0.184. The van der Waals surface area contributed by atoms with Gasteiger partial charge in [0.15, 0.2) is 0 Å². The highest BCUT2D eigenvalue weighted by Gasteiger charge is 2.26. The summed E-state index contributed by atoms with van der Waals surface area (Å²) in [4.78, 5) is 32.3. The summed E-state index contributed by atoms with van der Waals surface area (Å²) in [6.45, 7) is 0.379. The average Bonchev–Trinajstić information content (AvgIpc) is 2.59. The van der Waals surface area contributed by atoms with Gasteiger partial charge in [0.2, 0.25) is 0 Å². The zero-order chi connectivity index (χ0) is 17.8. The fourth-order valence-corrected chi connectivity index (χ4v) is 3.33. The maximum Gasteiger partial charge on any atom is 0.317 e.